The molecule has 0 bridgehead atoms. The van der Waals surface area contributed by atoms with E-state index in [1.54, 1.807) is 0 Å². The topological polar surface area (TPSA) is 98.5 Å². The van der Waals surface area contributed by atoms with Crippen molar-refractivity contribution >= 4 is 17.8 Å². The first kappa shape index (κ1) is 13.0. The van der Waals surface area contributed by atoms with Crippen molar-refractivity contribution in [2.24, 2.45) is 5.73 Å². The van der Waals surface area contributed by atoms with Gasteiger partial charge in [-0.2, -0.15) is 0 Å². The molecule has 0 spiro atoms. The van der Waals surface area contributed by atoms with Crippen LogP contribution in [0.5, 0.6) is 0 Å². The van der Waals surface area contributed by atoms with Crippen molar-refractivity contribution < 1.29 is 19.1 Å². The van der Waals surface area contributed by atoms with Crippen molar-refractivity contribution in [2.45, 2.75) is 19.4 Å². The zero-order chi connectivity index (χ0) is 11.8. The number of terminal acetylenes is 1. The largest absolute Gasteiger partial charge is 0.456 e. The minimum atomic E-state index is -0.932. The molecule has 1 atom stereocenters. The van der Waals surface area contributed by atoms with Crippen molar-refractivity contribution in [1.29, 1.82) is 0 Å². The fourth-order valence-electron chi connectivity index (χ4n) is 0.744. The van der Waals surface area contributed by atoms with Gasteiger partial charge in [-0.1, -0.05) is 0 Å². The quantitative estimate of drug-likeness (QED) is 0.430. The summed E-state index contributed by atoms with van der Waals surface area (Å²) in [7, 11) is 0. The lowest BCUT2D eigenvalue weighted by Crippen LogP contribution is -2.45. The number of amides is 2. The molecule has 82 valence electrons. The molecule has 0 saturated heterocycles. The third-order valence-electron chi connectivity index (χ3n) is 1.41. The van der Waals surface area contributed by atoms with Crippen LogP contribution in [0.25, 0.3) is 0 Å². The number of primary amides is 1. The van der Waals surface area contributed by atoms with Crippen LogP contribution in [0.15, 0.2) is 0 Å². The van der Waals surface area contributed by atoms with Gasteiger partial charge in [0.1, 0.15) is 6.04 Å². The second-order valence-electron chi connectivity index (χ2n) is 2.71. The Morgan fingerprint density at radius 1 is 1.53 bits per heavy atom. The average molecular weight is 212 g/mol. The van der Waals surface area contributed by atoms with E-state index in [1.807, 2.05) is 0 Å². The van der Waals surface area contributed by atoms with E-state index >= 15 is 0 Å². The summed E-state index contributed by atoms with van der Waals surface area (Å²) < 4.78 is 4.41. The molecule has 6 heteroatoms. The van der Waals surface area contributed by atoms with Crippen LogP contribution < -0.4 is 11.1 Å². The number of carbonyl (C=O) groups excluding carboxylic acids is 3. The van der Waals surface area contributed by atoms with Crippen LogP contribution in [0.4, 0.5) is 0 Å². The number of hydrogen-bond donors (Lipinski definition) is 2. The molecule has 0 heterocycles. The van der Waals surface area contributed by atoms with E-state index in [0.717, 1.165) is 0 Å². The van der Waals surface area contributed by atoms with Crippen molar-refractivity contribution in [3.05, 3.63) is 0 Å². The third kappa shape index (κ3) is 6.10. The van der Waals surface area contributed by atoms with Crippen LogP contribution in [-0.4, -0.2) is 30.4 Å². The monoisotopic (exact) mass is 212 g/mol. The highest BCUT2D eigenvalue weighted by Crippen LogP contribution is 1.89. The van der Waals surface area contributed by atoms with Crippen LogP contribution in [0.3, 0.4) is 0 Å². The van der Waals surface area contributed by atoms with Crippen LogP contribution in [0.1, 0.15) is 13.3 Å². The number of ether oxygens (including phenoxy) is 1. The summed E-state index contributed by atoms with van der Waals surface area (Å²) in [6.45, 7) is 0.712. The Labute approximate surface area is 87.1 Å². The molecule has 0 aliphatic rings. The molecule has 0 unspecified atom stereocenters. The van der Waals surface area contributed by atoms with Crippen molar-refractivity contribution in [2.75, 3.05) is 6.61 Å². The van der Waals surface area contributed by atoms with E-state index in [4.69, 9.17) is 12.2 Å². The number of rotatable bonds is 5. The first-order valence-corrected chi connectivity index (χ1v) is 4.13. The minimum absolute atomic E-state index is 0.00114. The first-order chi connectivity index (χ1) is 6.97. The van der Waals surface area contributed by atoms with E-state index in [0.29, 0.717) is 0 Å². The van der Waals surface area contributed by atoms with Gasteiger partial charge in [0.15, 0.2) is 6.61 Å². The van der Waals surface area contributed by atoms with Crippen LogP contribution in [-0.2, 0) is 19.1 Å². The molecular weight excluding hydrogens is 200 g/mol. The van der Waals surface area contributed by atoms with E-state index in [-0.39, 0.29) is 6.42 Å². The zero-order valence-electron chi connectivity index (χ0n) is 8.28. The summed E-state index contributed by atoms with van der Waals surface area (Å²) in [4.78, 5) is 32.2. The second-order valence-corrected chi connectivity index (χ2v) is 2.71. The van der Waals surface area contributed by atoms with E-state index in [2.05, 4.69) is 16.0 Å². The van der Waals surface area contributed by atoms with E-state index in [9.17, 15) is 14.4 Å². The average Bonchev–Trinajstić information content (AvgIpc) is 2.14. The number of nitrogens with two attached hydrogens (primary N) is 1. The van der Waals surface area contributed by atoms with Gasteiger partial charge in [0.2, 0.25) is 5.91 Å². The summed E-state index contributed by atoms with van der Waals surface area (Å²) in [5.41, 5.74) is 4.97. The highest BCUT2D eigenvalue weighted by Gasteiger charge is 2.16. The molecule has 0 fully saturated rings. The van der Waals surface area contributed by atoms with Crippen LogP contribution >= 0.6 is 0 Å². The normalized spacial score (nSPS) is 10.9. The highest BCUT2D eigenvalue weighted by atomic mass is 16.5. The SMILES string of the molecule is C#CC[C@H](NC(=O)COC(C)=O)C(N)=O. The van der Waals surface area contributed by atoms with Crippen LogP contribution in [0, 0.1) is 12.3 Å². The number of hydrogen-bond acceptors (Lipinski definition) is 4. The molecular formula is C9H12N2O4. The molecule has 6 nitrogen and oxygen atoms in total. The molecule has 2 amide bonds. The predicted molar refractivity (Wildman–Crippen MR) is 51.2 cm³/mol. The second kappa shape index (κ2) is 6.43. The number of nitrogens with one attached hydrogen (secondary N) is 1. The molecule has 0 rings (SSSR count). The Morgan fingerprint density at radius 3 is 2.53 bits per heavy atom. The molecule has 0 saturated carbocycles. The van der Waals surface area contributed by atoms with Gasteiger partial charge in [-0.3, -0.25) is 14.4 Å². The molecule has 0 aliphatic carbocycles. The van der Waals surface area contributed by atoms with Gasteiger partial charge in [0, 0.05) is 13.3 Å². The van der Waals surface area contributed by atoms with Gasteiger partial charge in [-0.05, 0) is 0 Å². The van der Waals surface area contributed by atoms with E-state index in [1.165, 1.54) is 6.92 Å². The first-order valence-electron chi connectivity index (χ1n) is 4.13. The maximum Gasteiger partial charge on any atom is 0.303 e. The third-order valence-corrected chi connectivity index (χ3v) is 1.41. The smallest absolute Gasteiger partial charge is 0.303 e. The Kier molecular flexibility index (Phi) is 5.56. The Morgan fingerprint density at radius 2 is 2.13 bits per heavy atom. The number of esters is 1. The fraction of sp³-hybridized carbons (Fsp3) is 0.444. The molecule has 0 radical (unpaired) electrons. The summed E-state index contributed by atoms with van der Waals surface area (Å²) >= 11 is 0. The molecule has 0 aromatic rings. The van der Waals surface area contributed by atoms with Gasteiger partial charge >= 0.3 is 5.97 Å². The predicted octanol–water partition coefficient (Wildman–Crippen LogP) is -1.46. The van der Waals surface area contributed by atoms with Gasteiger partial charge in [-0.15, -0.1) is 12.3 Å². The summed E-state index contributed by atoms with van der Waals surface area (Å²) in [5, 5.41) is 2.24. The lowest BCUT2D eigenvalue weighted by molar-refractivity contribution is -0.146. The fourth-order valence-corrected chi connectivity index (χ4v) is 0.744. The molecule has 15 heavy (non-hydrogen) atoms. The van der Waals surface area contributed by atoms with E-state index < -0.39 is 30.4 Å². The summed E-state index contributed by atoms with van der Waals surface area (Å²) in [6.07, 6.45) is 4.97. The minimum Gasteiger partial charge on any atom is -0.456 e. The summed E-state index contributed by atoms with van der Waals surface area (Å²) in [6, 6.07) is -0.932. The molecule has 3 N–H and O–H groups in total. The van der Waals surface area contributed by atoms with Crippen molar-refractivity contribution in [3.63, 3.8) is 0 Å². The summed E-state index contributed by atoms with van der Waals surface area (Å²) in [5.74, 6) is 0.257. The molecule has 0 aromatic heterocycles. The highest BCUT2D eigenvalue weighted by molar-refractivity contribution is 5.87. The van der Waals surface area contributed by atoms with Gasteiger partial charge in [-0.25, -0.2) is 0 Å². The Balaban J connectivity index is 4.07. The lowest BCUT2D eigenvalue weighted by Gasteiger charge is -2.12. The van der Waals surface area contributed by atoms with Crippen molar-refractivity contribution in [3.8, 4) is 12.3 Å². The maximum absolute atomic E-state index is 11.1. The van der Waals surface area contributed by atoms with Gasteiger partial charge in [0.05, 0.1) is 0 Å². The van der Waals surface area contributed by atoms with Crippen molar-refractivity contribution in [1.82, 2.24) is 5.32 Å². The lowest BCUT2D eigenvalue weighted by atomic mass is 10.2. The standard InChI is InChI=1S/C9H12N2O4/c1-3-4-7(9(10)14)11-8(13)5-15-6(2)12/h1,7H,4-5H2,2H3,(H2,10,14)(H,11,13)/t7-/m0/s1. The Bertz CT molecular complexity index is 306. The van der Waals surface area contributed by atoms with Gasteiger partial charge < -0.3 is 15.8 Å². The zero-order valence-corrected chi connectivity index (χ0v) is 8.28. The van der Waals surface area contributed by atoms with Crippen LogP contribution in [0.2, 0.25) is 0 Å². The van der Waals surface area contributed by atoms with Gasteiger partial charge in [0.25, 0.3) is 5.91 Å². The molecule has 0 aliphatic heterocycles. The Hall–Kier alpha value is -2.03. The number of carbonyl (C=O) groups is 3. The molecule has 0 aromatic carbocycles. The maximum atomic E-state index is 11.1.